The lowest BCUT2D eigenvalue weighted by molar-refractivity contribution is 0.0220. The fourth-order valence-electron chi connectivity index (χ4n) is 4.50. The molecule has 2 aromatic rings. The highest BCUT2D eigenvalue weighted by molar-refractivity contribution is 6.28. The van der Waals surface area contributed by atoms with Crippen LogP contribution in [-0.4, -0.2) is 69.8 Å². The first-order chi connectivity index (χ1) is 17.6. The van der Waals surface area contributed by atoms with E-state index in [9.17, 15) is 14.9 Å². The van der Waals surface area contributed by atoms with Crippen molar-refractivity contribution in [1.82, 2.24) is 19.8 Å². The fraction of sp³-hybridized carbons (Fsp3) is 0.500. The van der Waals surface area contributed by atoms with Gasteiger partial charge in [-0.2, -0.15) is 5.26 Å². The van der Waals surface area contributed by atoms with Gasteiger partial charge < -0.3 is 24.2 Å². The Morgan fingerprint density at radius 2 is 1.89 bits per heavy atom. The molecule has 1 saturated heterocycles. The number of hydrogen-bond donors (Lipinski definition) is 0. The topological polar surface area (TPSA) is 112 Å². The molecule has 2 aliphatic rings. The number of carbonyl (C=O) groups excluding carboxylic acids is 2. The van der Waals surface area contributed by atoms with Crippen LogP contribution in [0.15, 0.2) is 30.3 Å². The molecule has 1 unspecified atom stereocenters. The summed E-state index contributed by atoms with van der Waals surface area (Å²) in [7, 11) is 0. The zero-order chi connectivity index (χ0) is 26.6. The number of hydrogen-bond acceptors (Lipinski definition) is 8. The zero-order valence-corrected chi connectivity index (χ0v) is 22.1. The average molecular weight is 527 g/mol. The minimum absolute atomic E-state index is 0.0846. The number of carbonyl (C=O) groups is 2. The van der Waals surface area contributed by atoms with Gasteiger partial charge in [-0.25, -0.2) is 19.6 Å². The third kappa shape index (κ3) is 6.60. The van der Waals surface area contributed by atoms with E-state index >= 15 is 0 Å². The van der Waals surface area contributed by atoms with Gasteiger partial charge in [-0.15, -0.1) is 0 Å². The lowest BCUT2D eigenvalue weighted by Crippen LogP contribution is -2.56. The Kier molecular flexibility index (Phi) is 8.03. The molecule has 2 aliphatic heterocycles. The van der Waals surface area contributed by atoms with Crippen molar-refractivity contribution in [3.8, 4) is 6.07 Å². The fourth-order valence-corrected chi connectivity index (χ4v) is 4.68. The van der Waals surface area contributed by atoms with Crippen molar-refractivity contribution < 1.29 is 19.1 Å². The Morgan fingerprint density at radius 1 is 1.14 bits per heavy atom. The molecule has 2 amide bonds. The summed E-state index contributed by atoms with van der Waals surface area (Å²) >= 11 is 6.29. The van der Waals surface area contributed by atoms with Crippen molar-refractivity contribution in [2.45, 2.75) is 58.4 Å². The molecule has 196 valence electrons. The lowest BCUT2D eigenvalue weighted by atomic mass is 10.0. The molecule has 3 heterocycles. The maximum Gasteiger partial charge on any atom is 0.410 e. The van der Waals surface area contributed by atoms with E-state index in [1.54, 1.807) is 9.80 Å². The molecule has 1 fully saturated rings. The average Bonchev–Trinajstić information content (AvgIpc) is 2.86. The van der Waals surface area contributed by atoms with E-state index in [4.69, 9.17) is 21.1 Å². The van der Waals surface area contributed by atoms with E-state index in [1.165, 1.54) is 0 Å². The van der Waals surface area contributed by atoms with Crippen molar-refractivity contribution in [2.75, 3.05) is 31.1 Å². The summed E-state index contributed by atoms with van der Waals surface area (Å²) in [6.45, 7) is 7.67. The summed E-state index contributed by atoms with van der Waals surface area (Å²) in [6.07, 6.45) is -0.140. The second-order valence-electron chi connectivity index (χ2n) is 10.1. The van der Waals surface area contributed by atoms with Gasteiger partial charge in [0.2, 0.25) is 5.28 Å². The van der Waals surface area contributed by atoms with Gasteiger partial charge in [-0.05, 0) is 44.4 Å². The standard InChI is InChI=1S/C26H31ClN6O4/c1-26(2,3)37-24(34)32-12-10-20-21(16-32)29-23(27)30-22(20)31-13-14-33(19(15-31)9-11-28)25(35)36-17-18-7-5-4-6-8-18/h4-8,19H,9-10,12-17H2,1-3H3. The first kappa shape index (κ1) is 26.5. The van der Waals surface area contributed by atoms with Crippen LogP contribution in [0.5, 0.6) is 0 Å². The predicted octanol–water partition coefficient (Wildman–Crippen LogP) is 4.16. The Morgan fingerprint density at radius 3 is 2.59 bits per heavy atom. The number of anilines is 1. The largest absolute Gasteiger partial charge is 0.445 e. The Bertz CT molecular complexity index is 1180. The number of amides is 2. The van der Waals surface area contributed by atoms with Gasteiger partial charge in [0, 0.05) is 31.7 Å². The maximum absolute atomic E-state index is 12.9. The van der Waals surface area contributed by atoms with Crippen molar-refractivity contribution in [2.24, 2.45) is 0 Å². The van der Waals surface area contributed by atoms with Crippen LogP contribution in [0.3, 0.4) is 0 Å². The Balaban J connectivity index is 1.47. The molecule has 4 rings (SSSR count). The molecule has 1 aromatic heterocycles. The highest BCUT2D eigenvalue weighted by Gasteiger charge is 2.35. The van der Waals surface area contributed by atoms with Crippen molar-refractivity contribution in [3.05, 3.63) is 52.4 Å². The summed E-state index contributed by atoms with van der Waals surface area (Å²) in [4.78, 5) is 39.6. The van der Waals surface area contributed by atoms with Crippen molar-refractivity contribution in [1.29, 1.82) is 5.26 Å². The molecular formula is C26H31ClN6O4. The highest BCUT2D eigenvalue weighted by atomic mass is 35.5. The molecule has 0 saturated carbocycles. The number of rotatable bonds is 4. The maximum atomic E-state index is 12.9. The summed E-state index contributed by atoms with van der Waals surface area (Å²) < 4.78 is 11.0. The van der Waals surface area contributed by atoms with Gasteiger partial charge in [0.05, 0.1) is 30.8 Å². The number of aromatic nitrogens is 2. The molecule has 0 radical (unpaired) electrons. The molecule has 1 atom stereocenters. The molecule has 0 spiro atoms. The molecular weight excluding hydrogens is 496 g/mol. The number of piperazine rings is 1. The molecule has 0 N–H and O–H groups in total. The van der Waals surface area contributed by atoms with Crippen LogP contribution in [0.1, 0.15) is 44.0 Å². The van der Waals surface area contributed by atoms with Crippen LogP contribution >= 0.6 is 11.6 Å². The summed E-state index contributed by atoms with van der Waals surface area (Å²) in [5.41, 5.74) is 1.89. The van der Waals surface area contributed by atoms with Crippen LogP contribution in [0, 0.1) is 11.3 Å². The number of ether oxygens (including phenoxy) is 2. The Hall–Kier alpha value is -3.58. The number of halogens is 1. The van der Waals surface area contributed by atoms with E-state index in [0.29, 0.717) is 44.1 Å². The minimum atomic E-state index is -0.594. The molecule has 37 heavy (non-hydrogen) atoms. The van der Waals surface area contributed by atoms with Crippen LogP contribution < -0.4 is 4.90 Å². The quantitative estimate of drug-likeness (QED) is 0.546. The van der Waals surface area contributed by atoms with E-state index < -0.39 is 17.8 Å². The van der Waals surface area contributed by atoms with Gasteiger partial charge in [-0.1, -0.05) is 30.3 Å². The highest BCUT2D eigenvalue weighted by Crippen LogP contribution is 2.30. The van der Waals surface area contributed by atoms with Gasteiger partial charge in [0.1, 0.15) is 18.0 Å². The van der Waals surface area contributed by atoms with Crippen molar-refractivity contribution in [3.63, 3.8) is 0 Å². The third-order valence-corrected chi connectivity index (χ3v) is 6.39. The zero-order valence-electron chi connectivity index (χ0n) is 21.3. The van der Waals surface area contributed by atoms with Gasteiger partial charge >= 0.3 is 12.2 Å². The SMILES string of the molecule is CC(C)(C)OC(=O)N1CCc2c(nc(Cl)nc2N2CCN(C(=O)OCc3ccccc3)C(CC#N)C2)C1. The third-order valence-electron chi connectivity index (χ3n) is 6.22. The van der Waals surface area contributed by atoms with Crippen molar-refractivity contribution >= 4 is 29.6 Å². The smallest absolute Gasteiger partial charge is 0.410 e. The minimum Gasteiger partial charge on any atom is -0.445 e. The number of nitriles is 1. The summed E-state index contributed by atoms with van der Waals surface area (Å²) in [5.74, 6) is 0.680. The summed E-state index contributed by atoms with van der Waals surface area (Å²) in [5, 5.41) is 9.52. The van der Waals surface area contributed by atoms with Crippen LogP contribution in [0.4, 0.5) is 15.4 Å². The van der Waals surface area contributed by atoms with E-state index in [2.05, 4.69) is 16.0 Å². The van der Waals surface area contributed by atoms with Gasteiger partial charge in [-0.3, -0.25) is 0 Å². The first-order valence-corrected chi connectivity index (χ1v) is 12.6. The van der Waals surface area contributed by atoms with E-state index in [0.717, 1.165) is 11.1 Å². The van der Waals surface area contributed by atoms with E-state index in [-0.39, 0.29) is 30.9 Å². The van der Waals surface area contributed by atoms with Crippen LogP contribution in [0.2, 0.25) is 5.28 Å². The first-order valence-electron chi connectivity index (χ1n) is 12.3. The normalized spacial score (nSPS) is 17.6. The second kappa shape index (κ2) is 11.2. The number of benzene rings is 1. The monoisotopic (exact) mass is 526 g/mol. The van der Waals surface area contributed by atoms with Crippen LogP contribution in [-0.2, 0) is 29.0 Å². The van der Waals surface area contributed by atoms with E-state index in [1.807, 2.05) is 56.0 Å². The molecule has 0 bridgehead atoms. The molecule has 10 nitrogen and oxygen atoms in total. The van der Waals surface area contributed by atoms with Crippen LogP contribution in [0.25, 0.3) is 0 Å². The number of fused-ring (bicyclic) bond motifs is 1. The molecule has 0 aliphatic carbocycles. The second-order valence-corrected chi connectivity index (χ2v) is 10.4. The van der Waals surface area contributed by atoms with Gasteiger partial charge in [0.25, 0.3) is 0 Å². The lowest BCUT2D eigenvalue weighted by Gasteiger charge is -2.41. The predicted molar refractivity (Wildman–Crippen MR) is 137 cm³/mol. The number of nitrogens with zero attached hydrogens (tertiary/aromatic N) is 6. The Labute approximate surface area is 221 Å². The molecule has 11 heteroatoms. The van der Waals surface area contributed by atoms with Gasteiger partial charge in [0.15, 0.2) is 0 Å². The molecule has 1 aromatic carbocycles. The summed E-state index contributed by atoms with van der Waals surface area (Å²) in [6, 6.07) is 11.3.